The van der Waals surface area contributed by atoms with Crippen LogP contribution in [0, 0.1) is 5.92 Å². The van der Waals surface area contributed by atoms with Crippen molar-refractivity contribution >= 4 is 0 Å². The first-order chi connectivity index (χ1) is 10.3. The van der Waals surface area contributed by atoms with Crippen LogP contribution in [0.3, 0.4) is 0 Å². The summed E-state index contributed by atoms with van der Waals surface area (Å²) in [6, 6.07) is 0.320. The molecule has 1 saturated carbocycles. The largest absolute Gasteiger partial charge is 0.377 e. The molecule has 0 aromatic carbocycles. The Hall–Kier alpha value is -0.940. The number of aromatic nitrogens is 3. The SMILES string of the molecule is CCNC(Cc1ncnn1C)C(OCC)C1CCCCC1. The van der Waals surface area contributed by atoms with Crippen LogP contribution in [0.2, 0.25) is 0 Å². The third kappa shape index (κ3) is 4.51. The zero-order chi connectivity index (χ0) is 15.1. The molecule has 0 spiro atoms. The summed E-state index contributed by atoms with van der Waals surface area (Å²) in [6.07, 6.45) is 9.46. The summed E-state index contributed by atoms with van der Waals surface area (Å²) in [5.74, 6) is 1.71. The van der Waals surface area contributed by atoms with Crippen molar-refractivity contribution in [2.75, 3.05) is 13.2 Å². The quantitative estimate of drug-likeness (QED) is 0.799. The van der Waals surface area contributed by atoms with Gasteiger partial charge in [0.1, 0.15) is 12.2 Å². The fraction of sp³-hybridized carbons (Fsp3) is 0.875. The number of hydrogen-bond acceptors (Lipinski definition) is 4. The Bertz CT molecular complexity index is 401. The molecular weight excluding hydrogens is 264 g/mol. The van der Waals surface area contributed by atoms with Gasteiger partial charge in [-0.05, 0) is 32.2 Å². The van der Waals surface area contributed by atoms with Crippen molar-refractivity contribution in [3.63, 3.8) is 0 Å². The highest BCUT2D eigenvalue weighted by Gasteiger charge is 2.31. The lowest BCUT2D eigenvalue weighted by Gasteiger charge is -2.36. The van der Waals surface area contributed by atoms with Gasteiger partial charge in [-0.25, -0.2) is 4.98 Å². The molecular formula is C16H30N4O. The molecule has 0 bridgehead atoms. The molecule has 1 aliphatic rings. The Morgan fingerprint density at radius 1 is 1.33 bits per heavy atom. The molecule has 1 aliphatic carbocycles. The van der Waals surface area contributed by atoms with Crippen LogP contribution in [0.5, 0.6) is 0 Å². The maximum atomic E-state index is 6.16. The minimum atomic E-state index is 0.284. The first kappa shape index (κ1) is 16.4. The molecule has 0 saturated heterocycles. The van der Waals surface area contributed by atoms with Crippen LogP contribution < -0.4 is 5.32 Å². The van der Waals surface area contributed by atoms with Crippen molar-refractivity contribution in [2.24, 2.45) is 13.0 Å². The molecule has 1 aromatic rings. The van der Waals surface area contributed by atoms with Crippen molar-refractivity contribution in [1.82, 2.24) is 20.1 Å². The van der Waals surface area contributed by atoms with Crippen LogP contribution in [-0.4, -0.2) is 40.1 Å². The molecule has 0 radical (unpaired) electrons. The van der Waals surface area contributed by atoms with Gasteiger partial charge >= 0.3 is 0 Å². The molecule has 1 heterocycles. The average Bonchev–Trinajstić information content (AvgIpc) is 2.91. The van der Waals surface area contributed by atoms with Gasteiger partial charge in [0.05, 0.1) is 6.10 Å². The van der Waals surface area contributed by atoms with Crippen molar-refractivity contribution in [1.29, 1.82) is 0 Å². The molecule has 1 N–H and O–H groups in total. The Balaban J connectivity index is 2.09. The third-order valence-electron chi connectivity index (χ3n) is 4.54. The maximum Gasteiger partial charge on any atom is 0.138 e. The molecule has 0 aliphatic heterocycles. The number of rotatable bonds is 8. The summed E-state index contributed by atoms with van der Waals surface area (Å²) in [4.78, 5) is 4.38. The normalized spacial score (nSPS) is 19.6. The first-order valence-electron chi connectivity index (χ1n) is 8.44. The average molecular weight is 294 g/mol. The Morgan fingerprint density at radius 2 is 2.10 bits per heavy atom. The summed E-state index contributed by atoms with van der Waals surface area (Å²) in [5.41, 5.74) is 0. The summed E-state index contributed by atoms with van der Waals surface area (Å²) in [6.45, 7) is 6.00. The van der Waals surface area contributed by atoms with E-state index < -0.39 is 0 Å². The van der Waals surface area contributed by atoms with E-state index in [9.17, 15) is 0 Å². The molecule has 2 atom stereocenters. The molecule has 5 heteroatoms. The molecule has 120 valence electrons. The molecule has 2 rings (SSSR count). The highest BCUT2D eigenvalue weighted by atomic mass is 16.5. The zero-order valence-corrected chi connectivity index (χ0v) is 13.7. The summed E-state index contributed by atoms with van der Waals surface area (Å²) >= 11 is 0. The van der Waals surface area contributed by atoms with Gasteiger partial charge in [-0.3, -0.25) is 4.68 Å². The van der Waals surface area contributed by atoms with Gasteiger partial charge in [0.25, 0.3) is 0 Å². The number of aryl methyl sites for hydroxylation is 1. The van der Waals surface area contributed by atoms with Crippen LogP contribution in [0.1, 0.15) is 51.8 Å². The molecule has 1 aromatic heterocycles. The van der Waals surface area contributed by atoms with E-state index in [1.807, 2.05) is 11.7 Å². The zero-order valence-electron chi connectivity index (χ0n) is 13.7. The topological polar surface area (TPSA) is 52.0 Å². The molecule has 0 amide bonds. The van der Waals surface area contributed by atoms with Gasteiger partial charge in [-0.1, -0.05) is 26.2 Å². The van der Waals surface area contributed by atoms with Crippen molar-refractivity contribution < 1.29 is 4.74 Å². The van der Waals surface area contributed by atoms with Gasteiger partial charge in [-0.2, -0.15) is 5.10 Å². The Kier molecular flexibility index (Phi) is 6.64. The van der Waals surface area contributed by atoms with E-state index >= 15 is 0 Å². The van der Waals surface area contributed by atoms with Crippen molar-refractivity contribution in [3.05, 3.63) is 12.2 Å². The standard InChI is InChI=1S/C16H30N4O/c1-4-17-14(11-15-18-12-19-20(15)3)16(21-5-2)13-9-7-6-8-10-13/h12-14,16-17H,4-11H2,1-3H3. The van der Waals surface area contributed by atoms with E-state index in [2.05, 4.69) is 29.2 Å². The summed E-state index contributed by atoms with van der Waals surface area (Å²) in [5, 5.41) is 7.81. The van der Waals surface area contributed by atoms with E-state index in [0.717, 1.165) is 25.4 Å². The van der Waals surface area contributed by atoms with E-state index in [1.54, 1.807) is 6.33 Å². The second-order valence-corrected chi connectivity index (χ2v) is 5.99. The van der Waals surface area contributed by atoms with Gasteiger partial charge in [0, 0.05) is 26.1 Å². The van der Waals surface area contributed by atoms with E-state index in [4.69, 9.17) is 4.74 Å². The minimum Gasteiger partial charge on any atom is -0.377 e. The monoisotopic (exact) mass is 294 g/mol. The fourth-order valence-corrected chi connectivity index (χ4v) is 3.50. The summed E-state index contributed by atoms with van der Waals surface area (Å²) in [7, 11) is 1.96. The van der Waals surface area contributed by atoms with Gasteiger partial charge in [0.2, 0.25) is 0 Å². The Morgan fingerprint density at radius 3 is 2.67 bits per heavy atom. The van der Waals surface area contributed by atoms with Gasteiger partial charge < -0.3 is 10.1 Å². The first-order valence-corrected chi connectivity index (χ1v) is 8.44. The lowest BCUT2D eigenvalue weighted by molar-refractivity contribution is -0.0176. The van der Waals surface area contributed by atoms with Gasteiger partial charge in [-0.15, -0.1) is 0 Å². The number of nitrogens with zero attached hydrogens (tertiary/aromatic N) is 3. The second-order valence-electron chi connectivity index (χ2n) is 5.99. The highest BCUT2D eigenvalue weighted by molar-refractivity contribution is 4.94. The number of hydrogen-bond donors (Lipinski definition) is 1. The van der Waals surface area contributed by atoms with Crippen LogP contribution >= 0.6 is 0 Å². The van der Waals surface area contributed by atoms with E-state index in [0.29, 0.717) is 12.0 Å². The predicted octanol–water partition coefficient (Wildman–Crippen LogP) is 2.32. The summed E-state index contributed by atoms with van der Waals surface area (Å²) < 4.78 is 8.03. The van der Waals surface area contributed by atoms with Crippen LogP contribution in [0.4, 0.5) is 0 Å². The second kappa shape index (κ2) is 8.49. The maximum absolute atomic E-state index is 6.16. The van der Waals surface area contributed by atoms with Crippen LogP contribution in [0.25, 0.3) is 0 Å². The van der Waals surface area contributed by atoms with Gasteiger partial charge in [0.15, 0.2) is 0 Å². The molecule has 2 unspecified atom stereocenters. The highest BCUT2D eigenvalue weighted by Crippen LogP contribution is 2.30. The van der Waals surface area contributed by atoms with Crippen molar-refractivity contribution in [3.8, 4) is 0 Å². The lowest BCUT2D eigenvalue weighted by Crippen LogP contribution is -2.47. The van der Waals surface area contributed by atoms with Crippen molar-refractivity contribution in [2.45, 2.75) is 64.5 Å². The number of likely N-dealkylation sites (N-methyl/N-ethyl adjacent to an activating group) is 1. The van der Waals surface area contributed by atoms with E-state index in [-0.39, 0.29) is 6.10 Å². The fourth-order valence-electron chi connectivity index (χ4n) is 3.50. The predicted molar refractivity (Wildman–Crippen MR) is 84.2 cm³/mol. The lowest BCUT2D eigenvalue weighted by atomic mass is 9.81. The van der Waals surface area contributed by atoms with Crippen LogP contribution in [0.15, 0.2) is 6.33 Å². The Labute approximate surface area is 128 Å². The number of nitrogens with one attached hydrogen (secondary N) is 1. The number of ether oxygens (including phenoxy) is 1. The minimum absolute atomic E-state index is 0.284. The third-order valence-corrected chi connectivity index (χ3v) is 4.54. The smallest absolute Gasteiger partial charge is 0.138 e. The van der Waals surface area contributed by atoms with E-state index in [1.165, 1.54) is 32.1 Å². The molecule has 1 fully saturated rings. The molecule has 5 nitrogen and oxygen atoms in total. The van der Waals surface area contributed by atoms with Crippen LogP contribution in [-0.2, 0) is 18.2 Å². The molecule has 21 heavy (non-hydrogen) atoms.